The summed E-state index contributed by atoms with van der Waals surface area (Å²) in [6.07, 6.45) is 0.731. The number of nitrogens with one attached hydrogen (secondary N) is 1. The maximum Gasteiger partial charge on any atom is 0.243 e. The summed E-state index contributed by atoms with van der Waals surface area (Å²) < 4.78 is 46.5. The summed E-state index contributed by atoms with van der Waals surface area (Å²) in [6, 6.07) is 11.8. The lowest BCUT2D eigenvalue weighted by atomic mass is 9.97. The zero-order chi connectivity index (χ0) is 16.4. The molecule has 1 aliphatic rings. The van der Waals surface area contributed by atoms with Gasteiger partial charge in [0.05, 0.1) is 6.61 Å². The smallest absolute Gasteiger partial charge is 0.243 e. The molecule has 0 saturated carbocycles. The fourth-order valence-electron chi connectivity index (χ4n) is 2.64. The molecule has 6 heteroatoms. The Kier molecular flexibility index (Phi) is 4.37. The summed E-state index contributed by atoms with van der Waals surface area (Å²) in [5, 5.41) is 0. The Morgan fingerprint density at radius 1 is 1.26 bits per heavy atom. The van der Waals surface area contributed by atoms with Gasteiger partial charge in [-0.05, 0) is 42.7 Å². The number of hydrogen-bond acceptors (Lipinski definition) is 3. The first kappa shape index (κ1) is 16.0. The minimum absolute atomic E-state index is 0.0209. The van der Waals surface area contributed by atoms with Crippen molar-refractivity contribution in [1.29, 1.82) is 0 Å². The van der Waals surface area contributed by atoms with Gasteiger partial charge in [-0.3, -0.25) is 0 Å². The maximum atomic E-state index is 13.8. The third-order valence-corrected chi connectivity index (χ3v) is 5.33. The number of benzene rings is 2. The molecule has 1 heterocycles. The first-order valence-electron chi connectivity index (χ1n) is 7.42. The number of hydrogen-bond donors (Lipinski definition) is 1. The SMILES string of the molecule is Cc1ccc(F)c(S(=O)(=O)NC[C@H]2COc3ccccc3C2)c1. The van der Waals surface area contributed by atoms with E-state index in [1.807, 2.05) is 24.3 Å². The molecule has 1 aliphatic heterocycles. The molecule has 1 N–H and O–H groups in total. The standard InChI is InChI=1S/C17H18FNO3S/c1-12-6-7-15(18)17(8-12)23(20,21)19-10-13-9-14-4-2-3-5-16(14)22-11-13/h2-8,13,19H,9-11H2,1H3/t13-/m0/s1. The number of rotatable bonds is 4. The predicted molar refractivity (Wildman–Crippen MR) is 85.5 cm³/mol. The number of aryl methyl sites for hydroxylation is 1. The molecule has 1 atom stereocenters. The second kappa shape index (κ2) is 6.29. The van der Waals surface area contributed by atoms with Crippen LogP contribution in [0.3, 0.4) is 0 Å². The number of ether oxygens (including phenoxy) is 1. The van der Waals surface area contributed by atoms with Gasteiger partial charge in [-0.2, -0.15) is 0 Å². The molecule has 0 aliphatic carbocycles. The summed E-state index contributed by atoms with van der Waals surface area (Å²) >= 11 is 0. The van der Waals surface area contributed by atoms with Crippen LogP contribution >= 0.6 is 0 Å². The van der Waals surface area contributed by atoms with Crippen LogP contribution in [0, 0.1) is 18.7 Å². The predicted octanol–water partition coefficient (Wildman–Crippen LogP) is 2.66. The van der Waals surface area contributed by atoms with Crippen molar-refractivity contribution in [3.8, 4) is 5.75 Å². The molecule has 0 bridgehead atoms. The van der Waals surface area contributed by atoms with E-state index in [0.29, 0.717) is 12.2 Å². The number of sulfonamides is 1. The van der Waals surface area contributed by atoms with Crippen LogP contribution in [0.25, 0.3) is 0 Å². The molecule has 0 saturated heterocycles. The average molecular weight is 335 g/mol. The van der Waals surface area contributed by atoms with Crippen molar-refractivity contribution < 1.29 is 17.5 Å². The van der Waals surface area contributed by atoms with E-state index >= 15 is 0 Å². The zero-order valence-electron chi connectivity index (χ0n) is 12.8. The summed E-state index contributed by atoms with van der Waals surface area (Å²) in [5.74, 6) is 0.122. The third-order valence-electron chi connectivity index (χ3n) is 3.89. The highest BCUT2D eigenvalue weighted by Crippen LogP contribution is 2.26. The molecular weight excluding hydrogens is 317 g/mol. The van der Waals surface area contributed by atoms with Gasteiger partial charge >= 0.3 is 0 Å². The van der Waals surface area contributed by atoms with Crippen molar-refractivity contribution in [2.24, 2.45) is 5.92 Å². The van der Waals surface area contributed by atoms with E-state index in [1.54, 1.807) is 13.0 Å². The van der Waals surface area contributed by atoms with E-state index in [0.717, 1.165) is 17.7 Å². The Hall–Kier alpha value is -1.92. The van der Waals surface area contributed by atoms with Crippen molar-refractivity contribution >= 4 is 10.0 Å². The minimum Gasteiger partial charge on any atom is -0.493 e. The Morgan fingerprint density at radius 3 is 2.87 bits per heavy atom. The molecule has 0 spiro atoms. The van der Waals surface area contributed by atoms with Gasteiger partial charge in [0.1, 0.15) is 16.5 Å². The van der Waals surface area contributed by atoms with Crippen molar-refractivity contribution in [3.05, 3.63) is 59.4 Å². The van der Waals surface area contributed by atoms with E-state index in [4.69, 9.17) is 4.74 Å². The minimum atomic E-state index is -3.87. The van der Waals surface area contributed by atoms with E-state index in [9.17, 15) is 12.8 Å². The van der Waals surface area contributed by atoms with E-state index in [1.165, 1.54) is 12.1 Å². The van der Waals surface area contributed by atoms with Crippen LogP contribution in [-0.4, -0.2) is 21.6 Å². The van der Waals surface area contributed by atoms with Crippen LogP contribution < -0.4 is 9.46 Å². The lowest BCUT2D eigenvalue weighted by molar-refractivity contribution is 0.223. The Balaban J connectivity index is 1.70. The van der Waals surface area contributed by atoms with Gasteiger partial charge in [0.2, 0.25) is 10.0 Å². The van der Waals surface area contributed by atoms with Gasteiger partial charge in [-0.1, -0.05) is 24.3 Å². The molecule has 0 aromatic heterocycles. The van der Waals surface area contributed by atoms with Crippen molar-refractivity contribution in [2.45, 2.75) is 18.2 Å². The van der Waals surface area contributed by atoms with E-state index in [2.05, 4.69) is 4.72 Å². The maximum absolute atomic E-state index is 13.8. The molecule has 0 amide bonds. The topological polar surface area (TPSA) is 55.4 Å². The highest BCUT2D eigenvalue weighted by molar-refractivity contribution is 7.89. The van der Waals surface area contributed by atoms with Crippen LogP contribution in [0.15, 0.2) is 47.4 Å². The van der Waals surface area contributed by atoms with Gasteiger partial charge in [-0.15, -0.1) is 0 Å². The van der Waals surface area contributed by atoms with Crippen molar-refractivity contribution in [2.75, 3.05) is 13.2 Å². The second-order valence-corrected chi connectivity index (χ2v) is 7.51. The Bertz CT molecular complexity index is 820. The number of halogens is 1. The molecule has 3 rings (SSSR count). The van der Waals surface area contributed by atoms with E-state index < -0.39 is 15.8 Å². The summed E-state index contributed by atoms with van der Waals surface area (Å²) in [7, 11) is -3.87. The molecule has 2 aromatic rings. The molecule has 0 fully saturated rings. The summed E-state index contributed by atoms with van der Waals surface area (Å²) in [4.78, 5) is -0.311. The molecule has 4 nitrogen and oxygen atoms in total. The van der Waals surface area contributed by atoms with Gasteiger partial charge in [0.15, 0.2) is 0 Å². The molecule has 0 unspecified atom stereocenters. The van der Waals surface area contributed by atoms with Gasteiger partial charge in [-0.25, -0.2) is 17.5 Å². The second-order valence-electron chi connectivity index (χ2n) is 5.77. The van der Waals surface area contributed by atoms with Crippen molar-refractivity contribution in [1.82, 2.24) is 4.72 Å². The summed E-state index contributed by atoms with van der Waals surface area (Å²) in [5.41, 5.74) is 1.76. The number of para-hydroxylation sites is 1. The molecule has 0 radical (unpaired) electrons. The molecule has 2 aromatic carbocycles. The third kappa shape index (κ3) is 3.54. The largest absolute Gasteiger partial charge is 0.493 e. The Labute approximate surface area is 135 Å². The fraction of sp³-hybridized carbons (Fsp3) is 0.294. The quantitative estimate of drug-likeness (QED) is 0.934. The van der Waals surface area contributed by atoms with Crippen LogP contribution in [0.5, 0.6) is 5.75 Å². The van der Waals surface area contributed by atoms with Gasteiger partial charge in [0, 0.05) is 12.5 Å². The van der Waals surface area contributed by atoms with Gasteiger partial charge < -0.3 is 4.74 Å². The van der Waals surface area contributed by atoms with Crippen LogP contribution in [0.2, 0.25) is 0 Å². The fourth-order valence-corrected chi connectivity index (χ4v) is 3.92. The van der Waals surface area contributed by atoms with Crippen LogP contribution in [-0.2, 0) is 16.4 Å². The monoisotopic (exact) mass is 335 g/mol. The van der Waals surface area contributed by atoms with E-state index in [-0.39, 0.29) is 17.4 Å². The summed E-state index contributed by atoms with van der Waals surface area (Å²) in [6.45, 7) is 2.38. The molecular formula is C17H18FNO3S. The highest BCUT2D eigenvalue weighted by atomic mass is 32.2. The normalized spacial score (nSPS) is 17.4. The first-order valence-corrected chi connectivity index (χ1v) is 8.90. The van der Waals surface area contributed by atoms with Gasteiger partial charge in [0.25, 0.3) is 0 Å². The van der Waals surface area contributed by atoms with Crippen LogP contribution in [0.1, 0.15) is 11.1 Å². The number of fused-ring (bicyclic) bond motifs is 1. The molecule has 122 valence electrons. The first-order chi connectivity index (χ1) is 11.0. The Morgan fingerprint density at radius 2 is 2.04 bits per heavy atom. The van der Waals surface area contributed by atoms with Crippen LogP contribution in [0.4, 0.5) is 4.39 Å². The highest BCUT2D eigenvalue weighted by Gasteiger charge is 2.24. The lowest BCUT2D eigenvalue weighted by Crippen LogP contribution is -2.35. The van der Waals surface area contributed by atoms with Crippen molar-refractivity contribution in [3.63, 3.8) is 0 Å². The average Bonchev–Trinajstić information content (AvgIpc) is 2.55. The zero-order valence-corrected chi connectivity index (χ0v) is 13.6. The lowest BCUT2D eigenvalue weighted by Gasteiger charge is -2.25. The molecule has 23 heavy (non-hydrogen) atoms.